The quantitative estimate of drug-likeness (QED) is 0.848. The lowest BCUT2D eigenvalue weighted by molar-refractivity contribution is 0.669. The van der Waals surface area contributed by atoms with Gasteiger partial charge in [0.2, 0.25) is 0 Å². The van der Waals surface area contributed by atoms with E-state index in [9.17, 15) is 4.79 Å². The Hall–Kier alpha value is -1.68. The molecule has 1 aromatic heterocycles. The van der Waals surface area contributed by atoms with Crippen molar-refractivity contribution in [2.24, 2.45) is 0 Å². The summed E-state index contributed by atoms with van der Waals surface area (Å²) in [6.45, 7) is 3.07. The van der Waals surface area contributed by atoms with Gasteiger partial charge in [-0.1, -0.05) is 17.7 Å². The van der Waals surface area contributed by atoms with Gasteiger partial charge in [-0.25, -0.2) is 4.79 Å². The highest BCUT2D eigenvalue weighted by molar-refractivity contribution is 6.30. The molecule has 2 aromatic rings. The second-order valence-corrected chi connectivity index (χ2v) is 4.27. The minimum atomic E-state index is -0.0261. The number of halogens is 1. The summed E-state index contributed by atoms with van der Waals surface area (Å²) in [6, 6.07) is 5.31. The molecule has 2 N–H and O–H groups in total. The number of rotatable bonds is 3. The van der Waals surface area contributed by atoms with Crippen LogP contribution < -0.4 is 11.4 Å². The second-order valence-electron chi connectivity index (χ2n) is 3.84. The van der Waals surface area contributed by atoms with E-state index >= 15 is 0 Å². The maximum absolute atomic E-state index is 11.8. The first-order valence-corrected chi connectivity index (χ1v) is 5.79. The third kappa shape index (κ3) is 2.36. The molecule has 0 unspecified atom stereocenters. The number of hydrogen-bond acceptors (Lipinski definition) is 2. The Morgan fingerprint density at radius 1 is 1.29 bits per heavy atom. The van der Waals surface area contributed by atoms with E-state index in [0.29, 0.717) is 23.8 Å². The molecule has 0 aliphatic carbocycles. The van der Waals surface area contributed by atoms with Crippen LogP contribution in [0.25, 0.3) is 0 Å². The van der Waals surface area contributed by atoms with Crippen molar-refractivity contribution in [2.75, 3.05) is 5.73 Å². The van der Waals surface area contributed by atoms with Crippen LogP contribution in [0.3, 0.4) is 0 Å². The van der Waals surface area contributed by atoms with Crippen molar-refractivity contribution in [3.8, 4) is 0 Å². The number of imidazole rings is 1. The summed E-state index contributed by atoms with van der Waals surface area (Å²) in [5, 5.41) is 0.602. The first-order chi connectivity index (χ1) is 8.11. The molecule has 0 aliphatic heterocycles. The van der Waals surface area contributed by atoms with E-state index in [1.165, 1.54) is 0 Å². The number of aromatic nitrogens is 2. The summed E-state index contributed by atoms with van der Waals surface area (Å²) in [5.41, 5.74) is 7.32. The zero-order chi connectivity index (χ0) is 12.4. The van der Waals surface area contributed by atoms with Gasteiger partial charge in [-0.05, 0) is 24.6 Å². The fourth-order valence-electron chi connectivity index (χ4n) is 1.71. The lowest BCUT2D eigenvalue weighted by Crippen LogP contribution is -2.24. The SMILES string of the molecule is CCn1ccn(Cc2ccc(Cl)cc2N)c1=O. The molecule has 1 aromatic carbocycles. The summed E-state index contributed by atoms with van der Waals surface area (Å²) in [6.07, 6.45) is 3.54. The molecule has 0 aliphatic rings. The molecule has 0 saturated heterocycles. The molecule has 17 heavy (non-hydrogen) atoms. The van der Waals surface area contributed by atoms with Crippen LogP contribution in [0.5, 0.6) is 0 Å². The van der Waals surface area contributed by atoms with Crippen molar-refractivity contribution in [1.29, 1.82) is 0 Å². The molecule has 0 atom stereocenters. The third-order valence-corrected chi connectivity index (χ3v) is 2.94. The predicted octanol–water partition coefficient (Wildman–Crippen LogP) is 1.95. The Balaban J connectivity index is 2.31. The number of benzene rings is 1. The van der Waals surface area contributed by atoms with Crippen LogP contribution in [-0.2, 0) is 13.1 Å². The van der Waals surface area contributed by atoms with Crippen LogP contribution in [0.4, 0.5) is 5.69 Å². The smallest absolute Gasteiger partial charge is 0.328 e. The Bertz CT molecular complexity index is 586. The van der Waals surface area contributed by atoms with E-state index < -0.39 is 0 Å². The average molecular weight is 252 g/mol. The van der Waals surface area contributed by atoms with E-state index in [1.54, 1.807) is 33.7 Å². The Morgan fingerprint density at radius 3 is 2.59 bits per heavy atom. The first kappa shape index (κ1) is 11.8. The minimum absolute atomic E-state index is 0.0261. The fraction of sp³-hybridized carbons (Fsp3) is 0.250. The van der Waals surface area contributed by atoms with Gasteiger partial charge >= 0.3 is 5.69 Å². The molecule has 90 valence electrons. The lowest BCUT2D eigenvalue weighted by atomic mass is 10.2. The molecule has 2 rings (SSSR count). The van der Waals surface area contributed by atoms with Gasteiger partial charge in [0.15, 0.2) is 0 Å². The number of aryl methyl sites for hydroxylation is 1. The lowest BCUT2D eigenvalue weighted by Gasteiger charge is -2.06. The maximum atomic E-state index is 11.8. The number of nitrogens with two attached hydrogens (primary N) is 1. The molecule has 0 bridgehead atoms. The Kier molecular flexibility index (Phi) is 3.24. The van der Waals surface area contributed by atoms with Crippen LogP contribution >= 0.6 is 11.6 Å². The fourth-order valence-corrected chi connectivity index (χ4v) is 1.89. The van der Waals surface area contributed by atoms with Crippen LogP contribution in [0.1, 0.15) is 12.5 Å². The number of nitrogens with zero attached hydrogens (tertiary/aromatic N) is 2. The van der Waals surface area contributed by atoms with Crippen LogP contribution in [-0.4, -0.2) is 9.13 Å². The molecule has 0 radical (unpaired) electrons. The van der Waals surface area contributed by atoms with E-state index in [0.717, 1.165) is 5.56 Å². The zero-order valence-electron chi connectivity index (χ0n) is 9.56. The Labute approximate surface area is 104 Å². The van der Waals surface area contributed by atoms with E-state index in [4.69, 9.17) is 17.3 Å². The maximum Gasteiger partial charge on any atom is 0.328 e. The molecular formula is C12H14ClN3O. The number of nitrogen functional groups attached to an aromatic ring is 1. The van der Waals surface area contributed by atoms with Gasteiger partial charge in [-0.2, -0.15) is 0 Å². The summed E-state index contributed by atoms with van der Waals surface area (Å²) in [5.74, 6) is 0. The van der Waals surface area contributed by atoms with Gasteiger partial charge in [0.25, 0.3) is 0 Å². The Morgan fingerprint density at radius 2 is 2.00 bits per heavy atom. The number of anilines is 1. The summed E-state index contributed by atoms with van der Waals surface area (Å²) >= 11 is 5.83. The largest absolute Gasteiger partial charge is 0.398 e. The molecule has 0 saturated carbocycles. The van der Waals surface area contributed by atoms with Crippen LogP contribution in [0.15, 0.2) is 35.4 Å². The molecule has 0 spiro atoms. The van der Waals surface area contributed by atoms with Crippen molar-refractivity contribution in [1.82, 2.24) is 9.13 Å². The van der Waals surface area contributed by atoms with E-state index in [2.05, 4.69) is 0 Å². The highest BCUT2D eigenvalue weighted by Crippen LogP contribution is 2.18. The van der Waals surface area contributed by atoms with Crippen LogP contribution in [0.2, 0.25) is 5.02 Å². The topological polar surface area (TPSA) is 52.9 Å². The molecular weight excluding hydrogens is 238 g/mol. The van der Waals surface area contributed by atoms with Crippen molar-refractivity contribution in [3.63, 3.8) is 0 Å². The van der Waals surface area contributed by atoms with Gasteiger partial charge < -0.3 is 5.73 Å². The number of hydrogen-bond donors (Lipinski definition) is 1. The van der Waals surface area contributed by atoms with Crippen molar-refractivity contribution in [3.05, 3.63) is 51.7 Å². The molecule has 4 nitrogen and oxygen atoms in total. The summed E-state index contributed by atoms with van der Waals surface area (Å²) in [7, 11) is 0. The van der Waals surface area contributed by atoms with Gasteiger partial charge in [0.1, 0.15) is 0 Å². The summed E-state index contributed by atoms with van der Waals surface area (Å²) < 4.78 is 3.27. The average Bonchev–Trinajstić information content (AvgIpc) is 2.64. The van der Waals surface area contributed by atoms with Gasteiger partial charge in [0, 0.05) is 29.6 Å². The predicted molar refractivity (Wildman–Crippen MR) is 69.3 cm³/mol. The van der Waals surface area contributed by atoms with Crippen LogP contribution in [0, 0.1) is 0 Å². The zero-order valence-corrected chi connectivity index (χ0v) is 10.3. The molecule has 0 fully saturated rings. The van der Waals surface area contributed by atoms with Gasteiger partial charge in [0.05, 0.1) is 6.54 Å². The normalized spacial score (nSPS) is 10.7. The first-order valence-electron chi connectivity index (χ1n) is 5.41. The minimum Gasteiger partial charge on any atom is -0.398 e. The van der Waals surface area contributed by atoms with Crippen molar-refractivity contribution >= 4 is 17.3 Å². The molecule has 0 amide bonds. The van der Waals surface area contributed by atoms with Crippen molar-refractivity contribution < 1.29 is 0 Å². The molecule has 1 heterocycles. The van der Waals surface area contributed by atoms with Gasteiger partial charge in [-0.15, -0.1) is 0 Å². The van der Waals surface area contributed by atoms with Crippen molar-refractivity contribution in [2.45, 2.75) is 20.0 Å². The monoisotopic (exact) mass is 251 g/mol. The highest BCUT2D eigenvalue weighted by Gasteiger charge is 2.05. The van der Waals surface area contributed by atoms with Gasteiger partial charge in [-0.3, -0.25) is 9.13 Å². The second kappa shape index (κ2) is 4.67. The highest BCUT2D eigenvalue weighted by atomic mass is 35.5. The van der Waals surface area contributed by atoms with E-state index in [1.807, 2.05) is 13.0 Å². The van der Waals surface area contributed by atoms with E-state index in [-0.39, 0.29) is 5.69 Å². The molecule has 5 heteroatoms. The third-order valence-electron chi connectivity index (χ3n) is 2.71. The summed E-state index contributed by atoms with van der Waals surface area (Å²) in [4.78, 5) is 11.8. The standard InChI is InChI=1S/C12H14ClN3O/c1-2-15-5-6-16(12(15)17)8-9-3-4-10(13)7-11(9)14/h3-7H,2,8,14H2,1H3.